The molecule has 0 aliphatic heterocycles. The molecule has 0 fully saturated rings. The van der Waals surface area contributed by atoms with Gasteiger partial charge in [-0.1, -0.05) is 0 Å². The van der Waals surface area contributed by atoms with Crippen molar-refractivity contribution in [3.05, 3.63) is 0 Å². The first-order valence-corrected chi connectivity index (χ1v) is 5.37. The van der Waals surface area contributed by atoms with Gasteiger partial charge in [-0.15, -0.1) is 0 Å². The van der Waals surface area contributed by atoms with E-state index in [-0.39, 0.29) is 0 Å². The van der Waals surface area contributed by atoms with Gasteiger partial charge in [0.25, 0.3) is 0 Å². The number of hydrogen-bond donors (Lipinski definition) is 2. The van der Waals surface area contributed by atoms with Gasteiger partial charge in [-0.05, 0) is 6.42 Å². The molecule has 0 radical (unpaired) electrons. The highest BCUT2D eigenvalue weighted by atomic mass is 16.5. The van der Waals surface area contributed by atoms with Gasteiger partial charge in [-0.3, -0.25) is 9.69 Å². The van der Waals surface area contributed by atoms with Gasteiger partial charge in [0, 0.05) is 40.5 Å². The summed E-state index contributed by atoms with van der Waals surface area (Å²) in [6.45, 7) is 3.32. The Morgan fingerprint density at radius 2 is 1.88 bits per heavy atom. The van der Waals surface area contributed by atoms with Crippen LogP contribution in [0.15, 0.2) is 0 Å². The molecule has 96 valence electrons. The van der Waals surface area contributed by atoms with Gasteiger partial charge in [0.1, 0.15) is 0 Å². The Hall–Kier alpha value is -0.690. The molecule has 1 unspecified atom stereocenters. The zero-order chi connectivity index (χ0) is 12.4. The second-order valence-corrected chi connectivity index (χ2v) is 3.65. The standard InChI is InChI=1S/C10H23N3O3/c1-15-6-3-4-13(5-7-16-2)8-9(11)10(12)14/h9H,3-8,11H2,1-2H3,(H2,12,14). The van der Waals surface area contributed by atoms with Gasteiger partial charge in [-0.25, -0.2) is 0 Å². The van der Waals surface area contributed by atoms with E-state index < -0.39 is 11.9 Å². The number of carbonyl (C=O) groups is 1. The number of primary amides is 1. The third-order valence-electron chi connectivity index (χ3n) is 2.25. The number of nitrogens with zero attached hydrogens (tertiary/aromatic N) is 1. The number of carbonyl (C=O) groups excluding carboxylic acids is 1. The summed E-state index contributed by atoms with van der Waals surface area (Å²) >= 11 is 0. The summed E-state index contributed by atoms with van der Waals surface area (Å²) in [6, 6.07) is -0.626. The van der Waals surface area contributed by atoms with Crippen LogP contribution in [0.1, 0.15) is 6.42 Å². The second kappa shape index (κ2) is 9.53. The van der Waals surface area contributed by atoms with Crippen molar-refractivity contribution in [2.24, 2.45) is 11.5 Å². The van der Waals surface area contributed by atoms with Crippen LogP contribution in [0.3, 0.4) is 0 Å². The average molecular weight is 233 g/mol. The van der Waals surface area contributed by atoms with Gasteiger partial charge in [0.15, 0.2) is 0 Å². The topological polar surface area (TPSA) is 90.8 Å². The zero-order valence-electron chi connectivity index (χ0n) is 10.1. The number of nitrogens with two attached hydrogens (primary N) is 2. The van der Waals surface area contributed by atoms with Crippen LogP contribution >= 0.6 is 0 Å². The first-order chi connectivity index (χ1) is 7.61. The molecule has 0 aliphatic carbocycles. The molecule has 0 spiro atoms. The van der Waals surface area contributed by atoms with E-state index in [1.54, 1.807) is 14.2 Å². The lowest BCUT2D eigenvalue weighted by molar-refractivity contribution is -0.119. The predicted molar refractivity (Wildman–Crippen MR) is 62.0 cm³/mol. The number of ether oxygens (including phenoxy) is 2. The summed E-state index contributed by atoms with van der Waals surface area (Å²) in [6.07, 6.45) is 0.895. The molecule has 0 aliphatic rings. The summed E-state index contributed by atoms with van der Waals surface area (Å²) in [5, 5.41) is 0. The Morgan fingerprint density at radius 1 is 1.25 bits per heavy atom. The Labute approximate surface area is 96.9 Å². The van der Waals surface area contributed by atoms with E-state index in [2.05, 4.69) is 4.90 Å². The highest BCUT2D eigenvalue weighted by molar-refractivity contribution is 5.79. The van der Waals surface area contributed by atoms with E-state index in [1.165, 1.54) is 0 Å². The highest BCUT2D eigenvalue weighted by Crippen LogP contribution is 1.94. The monoisotopic (exact) mass is 233 g/mol. The van der Waals surface area contributed by atoms with Crippen LogP contribution in [0.5, 0.6) is 0 Å². The summed E-state index contributed by atoms with van der Waals surface area (Å²) in [4.78, 5) is 12.9. The van der Waals surface area contributed by atoms with Crippen LogP contribution in [0.4, 0.5) is 0 Å². The van der Waals surface area contributed by atoms with E-state index in [0.717, 1.165) is 19.5 Å². The fraction of sp³-hybridized carbons (Fsp3) is 0.900. The zero-order valence-corrected chi connectivity index (χ0v) is 10.1. The minimum Gasteiger partial charge on any atom is -0.385 e. The van der Waals surface area contributed by atoms with Crippen LogP contribution in [0.2, 0.25) is 0 Å². The van der Waals surface area contributed by atoms with Gasteiger partial charge in [0.2, 0.25) is 5.91 Å². The Morgan fingerprint density at radius 3 is 2.38 bits per heavy atom. The van der Waals surface area contributed by atoms with Crippen molar-refractivity contribution in [3.8, 4) is 0 Å². The van der Waals surface area contributed by atoms with Gasteiger partial charge < -0.3 is 20.9 Å². The third kappa shape index (κ3) is 7.58. The minimum atomic E-state index is -0.626. The summed E-state index contributed by atoms with van der Waals surface area (Å²) in [5.74, 6) is -0.478. The molecule has 4 N–H and O–H groups in total. The van der Waals surface area contributed by atoms with Crippen LogP contribution in [0, 0.1) is 0 Å². The molecule has 0 aromatic heterocycles. The molecule has 0 saturated carbocycles. The Kier molecular flexibility index (Phi) is 9.12. The molecule has 0 heterocycles. The number of amides is 1. The number of hydrogen-bond acceptors (Lipinski definition) is 5. The van der Waals surface area contributed by atoms with Crippen LogP contribution in [0.25, 0.3) is 0 Å². The normalized spacial score (nSPS) is 13.0. The lowest BCUT2D eigenvalue weighted by atomic mass is 10.2. The van der Waals surface area contributed by atoms with Gasteiger partial charge in [-0.2, -0.15) is 0 Å². The molecule has 0 bridgehead atoms. The third-order valence-corrected chi connectivity index (χ3v) is 2.25. The fourth-order valence-corrected chi connectivity index (χ4v) is 1.32. The molecule has 6 heteroatoms. The van der Waals surface area contributed by atoms with Crippen molar-refractivity contribution < 1.29 is 14.3 Å². The van der Waals surface area contributed by atoms with Crippen molar-refractivity contribution in [3.63, 3.8) is 0 Å². The number of methoxy groups -OCH3 is 2. The van der Waals surface area contributed by atoms with Gasteiger partial charge >= 0.3 is 0 Å². The summed E-state index contributed by atoms with van der Waals surface area (Å²) < 4.78 is 9.96. The first kappa shape index (κ1) is 15.3. The smallest absolute Gasteiger partial charge is 0.235 e. The summed E-state index contributed by atoms with van der Waals surface area (Å²) in [7, 11) is 3.30. The molecule has 0 saturated heterocycles. The molecule has 0 rings (SSSR count). The molecular formula is C10H23N3O3. The van der Waals surface area contributed by atoms with Gasteiger partial charge in [0.05, 0.1) is 12.6 Å². The number of rotatable bonds is 10. The van der Waals surface area contributed by atoms with Crippen LogP contribution < -0.4 is 11.5 Å². The molecular weight excluding hydrogens is 210 g/mol. The maximum Gasteiger partial charge on any atom is 0.235 e. The van der Waals surface area contributed by atoms with Crippen molar-refractivity contribution in [2.75, 3.05) is 47.1 Å². The molecule has 6 nitrogen and oxygen atoms in total. The first-order valence-electron chi connectivity index (χ1n) is 5.37. The lowest BCUT2D eigenvalue weighted by Gasteiger charge is -2.23. The quantitative estimate of drug-likeness (QED) is 0.462. The molecule has 16 heavy (non-hydrogen) atoms. The van der Waals surface area contributed by atoms with Crippen molar-refractivity contribution >= 4 is 5.91 Å². The highest BCUT2D eigenvalue weighted by Gasteiger charge is 2.14. The van der Waals surface area contributed by atoms with Crippen LogP contribution in [-0.2, 0) is 14.3 Å². The predicted octanol–water partition coefficient (Wildman–Crippen LogP) is -1.22. The maximum absolute atomic E-state index is 10.9. The van der Waals surface area contributed by atoms with E-state index in [4.69, 9.17) is 20.9 Å². The second-order valence-electron chi connectivity index (χ2n) is 3.65. The van der Waals surface area contributed by atoms with Crippen molar-refractivity contribution in [2.45, 2.75) is 12.5 Å². The summed E-state index contributed by atoms with van der Waals surface area (Å²) in [5.41, 5.74) is 10.7. The van der Waals surface area contributed by atoms with Crippen molar-refractivity contribution in [1.82, 2.24) is 4.90 Å². The average Bonchev–Trinajstić information content (AvgIpc) is 2.25. The van der Waals surface area contributed by atoms with Crippen LogP contribution in [-0.4, -0.2) is 63.9 Å². The molecule has 0 aromatic rings. The lowest BCUT2D eigenvalue weighted by Crippen LogP contribution is -2.47. The van der Waals surface area contributed by atoms with E-state index in [0.29, 0.717) is 19.8 Å². The Balaban J connectivity index is 3.93. The SMILES string of the molecule is COCCCN(CCOC)CC(N)C(N)=O. The molecule has 1 amide bonds. The molecule has 1 atom stereocenters. The molecule has 0 aromatic carbocycles. The van der Waals surface area contributed by atoms with Crippen molar-refractivity contribution in [1.29, 1.82) is 0 Å². The largest absolute Gasteiger partial charge is 0.385 e. The van der Waals surface area contributed by atoms with E-state index in [9.17, 15) is 4.79 Å². The fourth-order valence-electron chi connectivity index (χ4n) is 1.32. The maximum atomic E-state index is 10.9. The van der Waals surface area contributed by atoms with E-state index in [1.807, 2.05) is 0 Å². The Bertz CT molecular complexity index is 190. The minimum absolute atomic E-state index is 0.461. The van der Waals surface area contributed by atoms with E-state index >= 15 is 0 Å².